The molecule has 0 unspecified atom stereocenters. The van der Waals surface area contributed by atoms with Crippen LogP contribution in [-0.2, 0) is 0 Å². The fourth-order valence-electron chi connectivity index (χ4n) is 3.85. The monoisotopic (exact) mass is 409 g/mol. The van der Waals surface area contributed by atoms with Gasteiger partial charge in [0.1, 0.15) is 5.75 Å². The summed E-state index contributed by atoms with van der Waals surface area (Å²) in [6.45, 7) is 0.662. The van der Waals surface area contributed by atoms with Gasteiger partial charge in [-0.3, -0.25) is 4.79 Å². The number of rotatable bonds is 5. The molecule has 0 aliphatic carbocycles. The number of hydrogen-bond donors (Lipinski definition) is 2. The van der Waals surface area contributed by atoms with Crippen LogP contribution >= 0.6 is 12.4 Å². The fraction of sp³-hybridized carbons (Fsp3) is 0.350. The van der Waals surface area contributed by atoms with Gasteiger partial charge in [-0.2, -0.15) is 8.78 Å². The lowest BCUT2D eigenvalue weighted by Crippen LogP contribution is -2.32. The van der Waals surface area contributed by atoms with Crippen LogP contribution in [0, 0.1) is 11.8 Å². The van der Waals surface area contributed by atoms with E-state index in [9.17, 15) is 13.6 Å². The first-order valence-electron chi connectivity index (χ1n) is 9.01. The highest BCUT2D eigenvalue weighted by Gasteiger charge is 2.38. The standard InChI is InChI=1S/C20H21F2N3O2.ClH/c21-20(22)27-16-7-5-15(6-8-16)24-18-4-2-1-3-17(18)19(26)25-11-13-9-23-10-14(13)12-25;/h1-8,13-14,20,23-24H,9-12H2;1H/t13-,14+;. The average Bonchev–Trinajstić information content (AvgIpc) is 3.25. The molecule has 2 N–H and O–H groups in total. The number of likely N-dealkylation sites (tertiary alicyclic amines) is 1. The number of carbonyl (C=O) groups excluding carboxylic acids is 1. The number of benzene rings is 2. The minimum atomic E-state index is -2.85. The minimum Gasteiger partial charge on any atom is -0.435 e. The molecule has 0 spiro atoms. The van der Waals surface area contributed by atoms with Gasteiger partial charge in [-0.05, 0) is 48.2 Å². The quantitative estimate of drug-likeness (QED) is 0.789. The van der Waals surface area contributed by atoms with Crippen LogP contribution in [-0.4, -0.2) is 43.6 Å². The molecular formula is C20H22ClF2N3O2. The number of carbonyl (C=O) groups is 1. The van der Waals surface area contributed by atoms with Crippen molar-refractivity contribution < 1.29 is 18.3 Å². The second-order valence-electron chi connectivity index (χ2n) is 6.96. The number of halogens is 3. The summed E-state index contributed by atoms with van der Waals surface area (Å²) < 4.78 is 28.9. The summed E-state index contributed by atoms with van der Waals surface area (Å²) in [6.07, 6.45) is 0. The summed E-state index contributed by atoms with van der Waals surface area (Å²) in [4.78, 5) is 15.0. The van der Waals surface area contributed by atoms with E-state index in [0.29, 0.717) is 28.8 Å². The van der Waals surface area contributed by atoms with Crippen molar-refractivity contribution in [2.45, 2.75) is 6.61 Å². The second kappa shape index (κ2) is 8.75. The van der Waals surface area contributed by atoms with E-state index in [1.54, 1.807) is 12.1 Å². The predicted molar refractivity (Wildman–Crippen MR) is 106 cm³/mol. The zero-order valence-electron chi connectivity index (χ0n) is 15.1. The molecular weight excluding hydrogens is 388 g/mol. The van der Waals surface area contributed by atoms with Crippen molar-refractivity contribution in [1.82, 2.24) is 10.2 Å². The third-order valence-electron chi connectivity index (χ3n) is 5.19. The number of nitrogens with zero attached hydrogens (tertiary/aromatic N) is 1. The molecule has 150 valence electrons. The van der Waals surface area contributed by atoms with Gasteiger partial charge in [-0.1, -0.05) is 12.1 Å². The van der Waals surface area contributed by atoms with Crippen LogP contribution in [0.5, 0.6) is 5.75 Å². The molecule has 5 nitrogen and oxygen atoms in total. The molecule has 2 aliphatic rings. The Morgan fingerprint density at radius 2 is 1.71 bits per heavy atom. The molecule has 0 aromatic heterocycles. The summed E-state index contributed by atoms with van der Waals surface area (Å²) in [6, 6.07) is 13.6. The zero-order chi connectivity index (χ0) is 18.8. The van der Waals surface area contributed by atoms with Crippen molar-refractivity contribution >= 4 is 29.7 Å². The maximum absolute atomic E-state index is 13.0. The Morgan fingerprint density at radius 3 is 2.36 bits per heavy atom. The van der Waals surface area contributed by atoms with E-state index in [-0.39, 0.29) is 24.1 Å². The smallest absolute Gasteiger partial charge is 0.387 e. The van der Waals surface area contributed by atoms with Gasteiger partial charge < -0.3 is 20.3 Å². The summed E-state index contributed by atoms with van der Waals surface area (Å²) in [5.74, 6) is 1.19. The van der Waals surface area contributed by atoms with Crippen molar-refractivity contribution in [2.75, 3.05) is 31.5 Å². The lowest BCUT2D eigenvalue weighted by atomic mass is 10.0. The number of para-hydroxylation sites is 1. The van der Waals surface area contributed by atoms with Gasteiger partial charge in [0, 0.05) is 31.9 Å². The lowest BCUT2D eigenvalue weighted by molar-refractivity contribution is -0.0498. The molecule has 2 aromatic rings. The number of hydrogen-bond acceptors (Lipinski definition) is 4. The number of ether oxygens (including phenoxy) is 1. The number of alkyl halides is 2. The molecule has 4 rings (SSSR count). The van der Waals surface area contributed by atoms with Crippen LogP contribution in [0.15, 0.2) is 48.5 Å². The molecule has 2 atom stereocenters. The first-order chi connectivity index (χ1) is 13.1. The topological polar surface area (TPSA) is 53.6 Å². The van der Waals surface area contributed by atoms with Crippen LogP contribution in [0.2, 0.25) is 0 Å². The molecule has 2 fully saturated rings. The molecule has 2 aliphatic heterocycles. The van der Waals surface area contributed by atoms with Crippen molar-refractivity contribution in [3.8, 4) is 5.75 Å². The highest BCUT2D eigenvalue weighted by molar-refractivity contribution is 6.00. The van der Waals surface area contributed by atoms with Crippen molar-refractivity contribution in [3.05, 3.63) is 54.1 Å². The molecule has 2 aromatic carbocycles. The van der Waals surface area contributed by atoms with E-state index in [4.69, 9.17) is 0 Å². The Balaban J connectivity index is 0.00000225. The molecule has 8 heteroatoms. The zero-order valence-corrected chi connectivity index (χ0v) is 15.9. The van der Waals surface area contributed by atoms with E-state index < -0.39 is 6.61 Å². The van der Waals surface area contributed by atoms with Crippen molar-refractivity contribution in [1.29, 1.82) is 0 Å². The predicted octanol–water partition coefficient (Wildman–Crippen LogP) is 3.74. The van der Waals surface area contributed by atoms with Crippen LogP contribution < -0.4 is 15.4 Å². The molecule has 2 heterocycles. The maximum Gasteiger partial charge on any atom is 0.387 e. The Bertz CT molecular complexity index is 807. The minimum absolute atomic E-state index is 0. The lowest BCUT2D eigenvalue weighted by Gasteiger charge is -2.20. The third-order valence-corrected chi connectivity index (χ3v) is 5.19. The number of amides is 1. The summed E-state index contributed by atoms with van der Waals surface area (Å²) in [7, 11) is 0. The maximum atomic E-state index is 13.0. The molecule has 0 saturated carbocycles. The summed E-state index contributed by atoms with van der Waals surface area (Å²) in [5, 5.41) is 6.58. The largest absolute Gasteiger partial charge is 0.435 e. The second-order valence-corrected chi connectivity index (χ2v) is 6.96. The van der Waals surface area contributed by atoms with Gasteiger partial charge in [0.25, 0.3) is 5.91 Å². The number of nitrogens with one attached hydrogen (secondary N) is 2. The van der Waals surface area contributed by atoms with Crippen LogP contribution in [0.4, 0.5) is 20.2 Å². The van der Waals surface area contributed by atoms with Crippen molar-refractivity contribution in [3.63, 3.8) is 0 Å². The van der Waals surface area contributed by atoms with Crippen LogP contribution in [0.25, 0.3) is 0 Å². The molecule has 0 radical (unpaired) electrons. The molecule has 0 bridgehead atoms. The molecule has 28 heavy (non-hydrogen) atoms. The van der Waals surface area contributed by atoms with Gasteiger partial charge in [0.15, 0.2) is 0 Å². The number of anilines is 2. The summed E-state index contributed by atoms with van der Waals surface area (Å²) in [5.41, 5.74) is 2.00. The highest BCUT2D eigenvalue weighted by Crippen LogP contribution is 2.30. The Kier molecular flexibility index (Phi) is 6.36. The van der Waals surface area contributed by atoms with Crippen LogP contribution in [0.3, 0.4) is 0 Å². The van der Waals surface area contributed by atoms with Crippen molar-refractivity contribution in [2.24, 2.45) is 11.8 Å². The van der Waals surface area contributed by atoms with Gasteiger partial charge in [-0.15, -0.1) is 12.4 Å². The third kappa shape index (κ3) is 4.36. The summed E-state index contributed by atoms with van der Waals surface area (Å²) >= 11 is 0. The normalized spacial score (nSPS) is 20.6. The SMILES string of the molecule is Cl.O=C(c1ccccc1Nc1ccc(OC(F)F)cc1)N1C[C@H]2CNC[C@H]2C1. The van der Waals surface area contributed by atoms with E-state index >= 15 is 0 Å². The first-order valence-corrected chi connectivity index (χ1v) is 9.01. The Hall–Kier alpha value is -2.38. The molecule has 2 saturated heterocycles. The number of fused-ring (bicyclic) bond motifs is 1. The fourth-order valence-corrected chi connectivity index (χ4v) is 3.85. The Labute approximate surface area is 168 Å². The van der Waals surface area contributed by atoms with E-state index in [1.165, 1.54) is 12.1 Å². The van der Waals surface area contributed by atoms with Crippen LogP contribution in [0.1, 0.15) is 10.4 Å². The average molecular weight is 410 g/mol. The first kappa shape index (κ1) is 20.4. The molecule has 1 amide bonds. The van der Waals surface area contributed by atoms with Gasteiger partial charge >= 0.3 is 6.61 Å². The van der Waals surface area contributed by atoms with E-state index in [0.717, 1.165) is 26.2 Å². The van der Waals surface area contributed by atoms with Gasteiger partial charge in [-0.25, -0.2) is 0 Å². The highest BCUT2D eigenvalue weighted by atomic mass is 35.5. The van der Waals surface area contributed by atoms with Gasteiger partial charge in [0.2, 0.25) is 0 Å². The van der Waals surface area contributed by atoms with Gasteiger partial charge in [0.05, 0.1) is 11.3 Å². The van der Waals surface area contributed by atoms with E-state index in [1.807, 2.05) is 29.2 Å². The Morgan fingerprint density at radius 1 is 1.07 bits per heavy atom. The van der Waals surface area contributed by atoms with E-state index in [2.05, 4.69) is 15.4 Å².